The van der Waals surface area contributed by atoms with Crippen molar-refractivity contribution in [3.05, 3.63) is 76.3 Å². The van der Waals surface area contributed by atoms with Crippen molar-refractivity contribution in [2.75, 3.05) is 0 Å². The number of rotatable bonds is 4. The first-order valence-electron chi connectivity index (χ1n) is 6.45. The number of benzene rings is 2. The van der Waals surface area contributed by atoms with Gasteiger partial charge in [-0.1, -0.05) is 64.5 Å². The van der Waals surface area contributed by atoms with Gasteiger partial charge in [0.1, 0.15) is 0 Å². The Morgan fingerprint density at radius 2 is 1.75 bits per heavy atom. The molecule has 0 spiro atoms. The highest BCUT2D eigenvalue weighted by Gasteiger charge is 2.09. The van der Waals surface area contributed by atoms with E-state index in [0.717, 1.165) is 15.6 Å². The van der Waals surface area contributed by atoms with Crippen molar-refractivity contribution in [3.8, 4) is 0 Å². The van der Waals surface area contributed by atoms with Gasteiger partial charge in [0, 0.05) is 10.5 Å². The maximum absolute atomic E-state index is 11.9. The summed E-state index contributed by atoms with van der Waals surface area (Å²) in [6, 6.07) is 17.6. The average molecular weight is 330 g/mol. The molecule has 2 aromatic carbocycles. The van der Waals surface area contributed by atoms with Gasteiger partial charge < -0.3 is 5.32 Å². The van der Waals surface area contributed by atoms with Crippen LogP contribution in [0.5, 0.6) is 0 Å². The van der Waals surface area contributed by atoms with Crippen molar-refractivity contribution in [1.29, 1.82) is 0 Å². The first kappa shape index (κ1) is 14.5. The molecule has 0 aromatic heterocycles. The van der Waals surface area contributed by atoms with E-state index < -0.39 is 0 Å². The van der Waals surface area contributed by atoms with E-state index in [9.17, 15) is 4.79 Å². The third-order valence-corrected chi connectivity index (χ3v) is 3.68. The number of hydrogen-bond donors (Lipinski definition) is 1. The second kappa shape index (κ2) is 7.06. The van der Waals surface area contributed by atoms with Gasteiger partial charge >= 0.3 is 0 Å². The zero-order valence-corrected chi connectivity index (χ0v) is 12.8. The molecule has 0 saturated heterocycles. The van der Waals surface area contributed by atoms with Gasteiger partial charge in [0.2, 0.25) is 5.91 Å². The fourth-order valence-corrected chi connectivity index (χ4v) is 2.53. The first-order chi connectivity index (χ1) is 9.66. The van der Waals surface area contributed by atoms with E-state index in [1.54, 1.807) is 6.08 Å². The molecule has 0 fully saturated rings. The smallest absolute Gasteiger partial charge is 0.244 e. The van der Waals surface area contributed by atoms with Crippen LogP contribution >= 0.6 is 15.9 Å². The Bertz CT molecular complexity index is 607. The minimum Gasteiger partial charge on any atom is -0.346 e. The number of hydrogen-bond acceptors (Lipinski definition) is 1. The molecule has 0 radical (unpaired) electrons. The van der Waals surface area contributed by atoms with Crippen molar-refractivity contribution in [1.82, 2.24) is 5.32 Å². The third kappa shape index (κ3) is 4.07. The van der Waals surface area contributed by atoms with Gasteiger partial charge in [0.05, 0.1) is 6.04 Å². The van der Waals surface area contributed by atoms with Crippen LogP contribution < -0.4 is 5.32 Å². The molecular weight excluding hydrogens is 314 g/mol. The van der Waals surface area contributed by atoms with Crippen LogP contribution in [0.25, 0.3) is 6.08 Å². The molecule has 1 unspecified atom stereocenters. The number of halogens is 1. The first-order valence-corrected chi connectivity index (χ1v) is 7.24. The van der Waals surface area contributed by atoms with Crippen LogP contribution in [-0.4, -0.2) is 5.91 Å². The maximum atomic E-state index is 11.9. The number of carbonyl (C=O) groups is 1. The zero-order chi connectivity index (χ0) is 14.4. The summed E-state index contributed by atoms with van der Waals surface area (Å²) in [5.74, 6) is -0.0999. The fourth-order valence-electron chi connectivity index (χ4n) is 1.90. The highest BCUT2D eigenvalue weighted by atomic mass is 79.9. The molecular formula is C17H16BrNO. The number of nitrogens with one attached hydrogen (secondary N) is 1. The minimum absolute atomic E-state index is 0.0431. The van der Waals surface area contributed by atoms with Crippen LogP contribution in [0.15, 0.2) is 65.1 Å². The van der Waals surface area contributed by atoms with Crippen molar-refractivity contribution in [2.24, 2.45) is 0 Å². The van der Waals surface area contributed by atoms with Crippen molar-refractivity contribution >= 4 is 27.9 Å². The van der Waals surface area contributed by atoms with Crippen LogP contribution in [0.2, 0.25) is 0 Å². The van der Waals surface area contributed by atoms with Crippen molar-refractivity contribution in [3.63, 3.8) is 0 Å². The molecule has 20 heavy (non-hydrogen) atoms. The van der Waals surface area contributed by atoms with E-state index in [2.05, 4.69) is 21.2 Å². The third-order valence-electron chi connectivity index (χ3n) is 2.96. The van der Waals surface area contributed by atoms with Gasteiger partial charge in [-0.15, -0.1) is 0 Å². The quantitative estimate of drug-likeness (QED) is 0.830. The molecule has 0 aliphatic heterocycles. The van der Waals surface area contributed by atoms with Crippen LogP contribution in [0.3, 0.4) is 0 Å². The molecule has 2 rings (SSSR count). The molecule has 1 N–H and O–H groups in total. The summed E-state index contributed by atoms with van der Waals surface area (Å²) in [4.78, 5) is 11.9. The Morgan fingerprint density at radius 3 is 2.45 bits per heavy atom. The van der Waals surface area contributed by atoms with E-state index in [4.69, 9.17) is 0 Å². The standard InChI is InChI=1S/C17H16BrNO/c1-13(15-9-5-6-10-16(15)18)19-17(20)12-11-14-7-3-2-4-8-14/h2-13H,1H3,(H,19,20)/b12-11+. The predicted molar refractivity (Wildman–Crippen MR) is 86.2 cm³/mol. The zero-order valence-electron chi connectivity index (χ0n) is 11.2. The molecule has 0 aliphatic rings. The summed E-state index contributed by atoms with van der Waals surface area (Å²) in [6.07, 6.45) is 3.37. The van der Waals surface area contributed by atoms with E-state index in [1.165, 1.54) is 0 Å². The van der Waals surface area contributed by atoms with Crippen LogP contribution in [0.4, 0.5) is 0 Å². The summed E-state index contributed by atoms with van der Waals surface area (Å²) in [5, 5.41) is 2.95. The lowest BCUT2D eigenvalue weighted by atomic mass is 10.1. The van der Waals surface area contributed by atoms with Crippen LogP contribution in [0, 0.1) is 0 Å². The predicted octanol–water partition coefficient (Wildman–Crippen LogP) is 4.34. The summed E-state index contributed by atoms with van der Waals surface area (Å²) in [5.41, 5.74) is 2.07. The Balaban J connectivity index is 1.98. The molecule has 0 heterocycles. The topological polar surface area (TPSA) is 29.1 Å². The average Bonchev–Trinajstić information content (AvgIpc) is 2.46. The molecule has 2 nitrogen and oxygen atoms in total. The summed E-state index contributed by atoms with van der Waals surface area (Å²) in [7, 11) is 0. The van der Waals surface area contributed by atoms with Gasteiger partial charge in [-0.2, -0.15) is 0 Å². The molecule has 3 heteroatoms. The molecule has 1 atom stereocenters. The molecule has 0 bridgehead atoms. The van der Waals surface area contributed by atoms with Gasteiger partial charge in [0.25, 0.3) is 0 Å². The van der Waals surface area contributed by atoms with Crippen molar-refractivity contribution in [2.45, 2.75) is 13.0 Å². The lowest BCUT2D eigenvalue weighted by Gasteiger charge is -2.14. The molecule has 0 saturated carbocycles. The van der Waals surface area contributed by atoms with Crippen LogP contribution in [-0.2, 0) is 4.79 Å². The van der Waals surface area contributed by atoms with Gasteiger partial charge in [0.15, 0.2) is 0 Å². The van der Waals surface area contributed by atoms with Gasteiger partial charge in [-0.25, -0.2) is 0 Å². The number of carbonyl (C=O) groups excluding carboxylic acids is 1. The Kier molecular flexibility index (Phi) is 5.13. The largest absolute Gasteiger partial charge is 0.346 e. The SMILES string of the molecule is CC(NC(=O)/C=C/c1ccccc1)c1ccccc1Br. The van der Waals surface area contributed by atoms with Crippen molar-refractivity contribution < 1.29 is 4.79 Å². The lowest BCUT2D eigenvalue weighted by molar-refractivity contribution is -0.117. The van der Waals surface area contributed by atoms with Crippen LogP contribution in [0.1, 0.15) is 24.1 Å². The minimum atomic E-state index is -0.0999. The molecule has 2 aromatic rings. The van der Waals surface area contributed by atoms with E-state index in [-0.39, 0.29) is 11.9 Å². The summed E-state index contributed by atoms with van der Waals surface area (Å²) in [6.45, 7) is 1.97. The fraction of sp³-hybridized carbons (Fsp3) is 0.118. The van der Waals surface area contributed by atoms with E-state index in [1.807, 2.05) is 67.6 Å². The highest BCUT2D eigenvalue weighted by molar-refractivity contribution is 9.10. The molecule has 102 valence electrons. The normalized spacial score (nSPS) is 12.3. The van der Waals surface area contributed by atoms with Gasteiger partial charge in [-0.05, 0) is 30.2 Å². The lowest BCUT2D eigenvalue weighted by Crippen LogP contribution is -2.24. The summed E-state index contributed by atoms with van der Waals surface area (Å²) < 4.78 is 1.000. The second-order valence-corrected chi connectivity index (χ2v) is 5.35. The number of amides is 1. The second-order valence-electron chi connectivity index (χ2n) is 4.50. The highest BCUT2D eigenvalue weighted by Crippen LogP contribution is 2.22. The summed E-state index contributed by atoms with van der Waals surface area (Å²) >= 11 is 3.49. The van der Waals surface area contributed by atoms with E-state index in [0.29, 0.717) is 0 Å². The Labute approximate surface area is 127 Å². The Hall–Kier alpha value is -1.87. The monoisotopic (exact) mass is 329 g/mol. The van der Waals surface area contributed by atoms with E-state index >= 15 is 0 Å². The molecule has 0 aliphatic carbocycles. The maximum Gasteiger partial charge on any atom is 0.244 e. The molecule has 1 amide bonds. The van der Waals surface area contributed by atoms with Gasteiger partial charge in [-0.3, -0.25) is 4.79 Å². The Morgan fingerprint density at radius 1 is 1.10 bits per heavy atom.